The smallest absolute Gasteiger partial charge is 0.320 e. The number of urea groups is 1. The Balaban J connectivity index is 1.25. The lowest BCUT2D eigenvalue weighted by Crippen LogP contribution is -2.44. The summed E-state index contributed by atoms with van der Waals surface area (Å²) in [4.78, 5) is 34.6. The van der Waals surface area contributed by atoms with Crippen molar-refractivity contribution in [3.8, 4) is 16.9 Å². The lowest BCUT2D eigenvalue weighted by atomic mass is 10.0. The third kappa shape index (κ3) is 6.53. The molecule has 6 rings (SSSR count). The molecule has 3 aromatic heterocycles. The highest BCUT2D eigenvalue weighted by Crippen LogP contribution is 2.32. The normalized spacial score (nSPS) is 18.8. The zero-order valence-electron chi connectivity index (χ0n) is 24.6. The van der Waals surface area contributed by atoms with Crippen LogP contribution < -0.4 is 20.9 Å². The van der Waals surface area contributed by atoms with Gasteiger partial charge in [0.2, 0.25) is 11.9 Å². The molecule has 1 aromatic carbocycles. The minimum atomic E-state index is -0.621. The molecule has 4 aromatic rings. The van der Waals surface area contributed by atoms with Gasteiger partial charge in [-0.1, -0.05) is 18.2 Å². The van der Waals surface area contributed by atoms with Crippen molar-refractivity contribution in [3.05, 3.63) is 78.1 Å². The first kappa shape index (κ1) is 29.6. The maximum atomic E-state index is 14.0. The molecule has 2 atom stereocenters. The predicted molar refractivity (Wildman–Crippen MR) is 162 cm³/mol. The maximum Gasteiger partial charge on any atom is 0.320 e. The lowest BCUT2D eigenvalue weighted by molar-refractivity contribution is -0.154. The summed E-state index contributed by atoms with van der Waals surface area (Å²) >= 11 is 0. The molecule has 230 valence electrons. The summed E-state index contributed by atoms with van der Waals surface area (Å²) in [6, 6.07) is 11.6. The molecule has 0 radical (unpaired) electrons. The number of methoxy groups -OCH3 is 1. The molecule has 2 aliphatic rings. The van der Waals surface area contributed by atoms with Crippen LogP contribution >= 0.6 is 0 Å². The Bertz CT molecular complexity index is 1560. The number of carbonyl (C=O) groups excluding carboxylic acids is 1. The largest absolute Gasteiger partial charge is 0.383 e. The number of amides is 2. The number of anilines is 2. The number of benzene rings is 1. The summed E-state index contributed by atoms with van der Waals surface area (Å²) in [5.74, 6) is 0.552. The molecule has 2 fully saturated rings. The van der Waals surface area contributed by atoms with E-state index in [2.05, 4.69) is 35.8 Å². The highest BCUT2D eigenvalue weighted by Gasteiger charge is 2.37. The monoisotopic (exact) mass is 602 g/mol. The molecule has 2 amide bonds. The summed E-state index contributed by atoms with van der Waals surface area (Å²) in [6.07, 6.45) is 4.30. The van der Waals surface area contributed by atoms with Crippen molar-refractivity contribution in [1.82, 2.24) is 40.4 Å². The van der Waals surface area contributed by atoms with Gasteiger partial charge in [0.25, 0.3) is 0 Å². The second kappa shape index (κ2) is 13.4. The third-order valence-electron chi connectivity index (χ3n) is 7.64. The SMILES string of the molecule is COCCN1C[C@@H](NC(=O)Nc2c(C)c(-c3cnc(N4CCNCC4)nc3)nn2-c2ccccc2)[C@H](c2ccnc(F)c2)O1. The van der Waals surface area contributed by atoms with Crippen molar-refractivity contribution in [2.45, 2.75) is 19.1 Å². The number of pyridine rings is 1. The lowest BCUT2D eigenvalue weighted by Gasteiger charge is -2.27. The number of rotatable bonds is 9. The number of nitrogens with one attached hydrogen (secondary N) is 3. The first-order valence-corrected chi connectivity index (χ1v) is 14.5. The number of nitrogens with zero attached hydrogens (tertiary/aromatic N) is 7. The van der Waals surface area contributed by atoms with Crippen molar-refractivity contribution >= 4 is 17.8 Å². The van der Waals surface area contributed by atoms with Gasteiger partial charge in [-0.05, 0) is 36.8 Å². The Morgan fingerprint density at radius 2 is 1.91 bits per heavy atom. The summed E-state index contributed by atoms with van der Waals surface area (Å²) in [5, 5.41) is 15.9. The molecule has 44 heavy (non-hydrogen) atoms. The van der Waals surface area contributed by atoms with Gasteiger partial charge in [-0.2, -0.15) is 14.6 Å². The Labute approximate surface area is 254 Å². The van der Waals surface area contributed by atoms with E-state index in [0.717, 1.165) is 43.0 Å². The standard InChI is InChI=1S/C30H35FN10O3/c1-20-26(22-17-34-29(35-18-22)39-12-10-32-11-13-39)38-41(23-6-4-3-5-7-23)28(20)37-30(42)36-24-19-40(14-15-43-2)44-27(24)21-8-9-33-25(31)16-21/h3-9,16-18,24,27,32H,10-15,19H2,1-2H3,(H2,36,37,42)/t24-,27+/m1/s1. The first-order chi connectivity index (χ1) is 21.5. The molecule has 3 N–H and O–H groups in total. The minimum Gasteiger partial charge on any atom is -0.383 e. The van der Waals surface area contributed by atoms with E-state index in [-0.39, 0.29) is 0 Å². The van der Waals surface area contributed by atoms with E-state index in [9.17, 15) is 9.18 Å². The van der Waals surface area contributed by atoms with Crippen molar-refractivity contribution in [2.75, 3.05) is 63.2 Å². The zero-order valence-corrected chi connectivity index (χ0v) is 24.6. The average Bonchev–Trinajstić information content (AvgIpc) is 3.61. The van der Waals surface area contributed by atoms with E-state index in [1.165, 1.54) is 12.3 Å². The molecule has 13 nitrogen and oxygen atoms in total. The van der Waals surface area contributed by atoms with E-state index >= 15 is 0 Å². The highest BCUT2D eigenvalue weighted by molar-refractivity contribution is 5.91. The third-order valence-corrected chi connectivity index (χ3v) is 7.64. The number of hydrogen-bond acceptors (Lipinski definition) is 10. The Morgan fingerprint density at radius 3 is 2.64 bits per heavy atom. The summed E-state index contributed by atoms with van der Waals surface area (Å²) in [7, 11) is 1.61. The van der Waals surface area contributed by atoms with Crippen molar-refractivity contribution < 1.29 is 18.8 Å². The fourth-order valence-electron chi connectivity index (χ4n) is 5.39. The van der Waals surface area contributed by atoms with E-state index in [1.807, 2.05) is 37.3 Å². The van der Waals surface area contributed by atoms with Crippen LogP contribution in [0.4, 0.5) is 21.0 Å². The van der Waals surface area contributed by atoms with Crippen LogP contribution in [-0.2, 0) is 9.57 Å². The fourth-order valence-corrected chi connectivity index (χ4v) is 5.39. The Morgan fingerprint density at radius 1 is 1.14 bits per heavy atom. The molecular formula is C30H35FN10O3. The van der Waals surface area contributed by atoms with E-state index in [1.54, 1.807) is 35.3 Å². The number of piperazine rings is 1. The summed E-state index contributed by atoms with van der Waals surface area (Å²) in [6.45, 7) is 6.67. The second-order valence-electron chi connectivity index (χ2n) is 10.6. The van der Waals surface area contributed by atoms with E-state index in [4.69, 9.17) is 14.7 Å². The second-order valence-corrected chi connectivity index (χ2v) is 10.6. The average molecular weight is 603 g/mol. The van der Waals surface area contributed by atoms with Crippen LogP contribution in [0.3, 0.4) is 0 Å². The molecule has 0 unspecified atom stereocenters. The number of aromatic nitrogens is 5. The number of hydrogen-bond donors (Lipinski definition) is 3. The molecule has 14 heteroatoms. The van der Waals surface area contributed by atoms with Crippen molar-refractivity contribution in [2.24, 2.45) is 0 Å². The molecule has 0 saturated carbocycles. The fraction of sp³-hybridized carbons (Fsp3) is 0.367. The highest BCUT2D eigenvalue weighted by atomic mass is 19.1. The van der Waals surface area contributed by atoms with Crippen LogP contribution in [0.1, 0.15) is 17.2 Å². The van der Waals surface area contributed by atoms with Crippen LogP contribution in [0, 0.1) is 12.9 Å². The van der Waals surface area contributed by atoms with Gasteiger partial charge < -0.3 is 20.3 Å². The predicted octanol–water partition coefficient (Wildman–Crippen LogP) is 2.71. The van der Waals surface area contributed by atoms with Gasteiger partial charge in [0.05, 0.1) is 18.3 Å². The molecular weight excluding hydrogens is 567 g/mol. The van der Waals surface area contributed by atoms with Crippen LogP contribution in [-0.4, -0.2) is 94.9 Å². The molecule has 0 aliphatic carbocycles. The summed E-state index contributed by atoms with van der Waals surface area (Å²) < 4.78 is 20.9. The van der Waals surface area contributed by atoms with Crippen LogP contribution in [0.2, 0.25) is 0 Å². The van der Waals surface area contributed by atoms with Gasteiger partial charge in [0.1, 0.15) is 17.6 Å². The number of ether oxygens (including phenoxy) is 1. The van der Waals surface area contributed by atoms with Gasteiger partial charge in [-0.15, -0.1) is 0 Å². The number of carbonyl (C=O) groups is 1. The van der Waals surface area contributed by atoms with E-state index < -0.39 is 24.1 Å². The van der Waals surface area contributed by atoms with Gasteiger partial charge in [0.15, 0.2) is 0 Å². The number of para-hydroxylation sites is 1. The first-order valence-electron chi connectivity index (χ1n) is 14.5. The van der Waals surface area contributed by atoms with Crippen LogP contribution in [0.5, 0.6) is 0 Å². The Hall–Kier alpha value is -4.50. The zero-order chi connectivity index (χ0) is 30.5. The summed E-state index contributed by atoms with van der Waals surface area (Å²) in [5.41, 5.74) is 3.48. The van der Waals surface area contributed by atoms with Gasteiger partial charge in [0, 0.05) is 76.1 Å². The number of hydroxylamine groups is 2. The Kier molecular flexibility index (Phi) is 9.02. The van der Waals surface area contributed by atoms with Gasteiger partial charge >= 0.3 is 6.03 Å². The van der Waals surface area contributed by atoms with Gasteiger partial charge in [-0.25, -0.2) is 24.4 Å². The molecule has 2 aliphatic heterocycles. The van der Waals surface area contributed by atoms with Crippen molar-refractivity contribution in [1.29, 1.82) is 0 Å². The maximum absolute atomic E-state index is 14.0. The van der Waals surface area contributed by atoms with Gasteiger partial charge in [-0.3, -0.25) is 10.2 Å². The minimum absolute atomic E-state index is 0.379. The van der Waals surface area contributed by atoms with Crippen LogP contribution in [0.25, 0.3) is 16.9 Å². The molecule has 2 saturated heterocycles. The molecule has 5 heterocycles. The quantitative estimate of drug-likeness (QED) is 0.246. The number of halogens is 1. The van der Waals surface area contributed by atoms with Crippen LogP contribution in [0.15, 0.2) is 61.1 Å². The molecule has 0 bridgehead atoms. The molecule has 0 spiro atoms. The van der Waals surface area contributed by atoms with Crippen molar-refractivity contribution in [3.63, 3.8) is 0 Å². The topological polar surface area (TPSA) is 135 Å². The van der Waals surface area contributed by atoms with E-state index in [0.29, 0.717) is 42.7 Å².